The van der Waals surface area contributed by atoms with Gasteiger partial charge >= 0.3 is 6.03 Å². The summed E-state index contributed by atoms with van der Waals surface area (Å²) >= 11 is 0. The third kappa shape index (κ3) is 2.40. The number of urea groups is 1. The third-order valence-corrected chi connectivity index (χ3v) is 2.43. The number of aromatic hydroxyl groups is 1. The second-order valence-corrected chi connectivity index (χ2v) is 3.80. The van der Waals surface area contributed by atoms with E-state index in [2.05, 4.69) is 5.32 Å². The van der Waals surface area contributed by atoms with Crippen molar-refractivity contribution < 1.29 is 9.90 Å². The van der Waals surface area contributed by atoms with Gasteiger partial charge in [-0.15, -0.1) is 0 Å². The molecule has 0 saturated heterocycles. The molecule has 1 aliphatic carbocycles. The fourth-order valence-electron chi connectivity index (χ4n) is 1.32. The zero-order valence-corrected chi connectivity index (χ0v) is 8.60. The van der Waals surface area contributed by atoms with E-state index in [-0.39, 0.29) is 11.8 Å². The topological polar surface area (TPSA) is 52.6 Å². The molecule has 4 heteroatoms. The highest BCUT2D eigenvalue weighted by molar-refractivity contribution is 5.91. The van der Waals surface area contributed by atoms with Gasteiger partial charge in [0.25, 0.3) is 0 Å². The minimum Gasteiger partial charge on any atom is -0.508 e. The summed E-state index contributed by atoms with van der Waals surface area (Å²) in [5.41, 5.74) is 0.688. The van der Waals surface area contributed by atoms with Crippen LogP contribution in [-0.2, 0) is 0 Å². The third-order valence-electron chi connectivity index (χ3n) is 2.43. The molecule has 0 atom stereocenters. The number of phenols is 1. The molecule has 1 aromatic carbocycles. The van der Waals surface area contributed by atoms with E-state index in [4.69, 9.17) is 0 Å². The average molecular weight is 206 g/mol. The smallest absolute Gasteiger partial charge is 0.321 e. The number of phenolic OH excluding ortho intramolecular Hbond substituents is 1. The highest BCUT2D eigenvalue weighted by Gasteiger charge is 2.25. The van der Waals surface area contributed by atoms with E-state index < -0.39 is 0 Å². The van der Waals surface area contributed by atoms with E-state index in [1.54, 1.807) is 31.3 Å². The van der Waals surface area contributed by atoms with Crippen molar-refractivity contribution in [2.75, 3.05) is 11.9 Å². The zero-order chi connectivity index (χ0) is 10.8. The van der Waals surface area contributed by atoms with E-state index in [0.29, 0.717) is 11.7 Å². The van der Waals surface area contributed by atoms with Crippen LogP contribution in [0.3, 0.4) is 0 Å². The molecule has 0 unspecified atom stereocenters. The normalized spacial score (nSPS) is 14.7. The molecule has 4 nitrogen and oxygen atoms in total. The lowest BCUT2D eigenvalue weighted by Crippen LogP contribution is -2.38. The van der Waals surface area contributed by atoms with Gasteiger partial charge in [-0.1, -0.05) is 6.07 Å². The number of rotatable bonds is 2. The number of benzene rings is 1. The van der Waals surface area contributed by atoms with Gasteiger partial charge in [0, 0.05) is 24.8 Å². The molecule has 1 fully saturated rings. The fourth-order valence-corrected chi connectivity index (χ4v) is 1.32. The summed E-state index contributed by atoms with van der Waals surface area (Å²) in [6.07, 6.45) is 2.14. The molecule has 0 bridgehead atoms. The maximum absolute atomic E-state index is 11.6. The Morgan fingerprint density at radius 3 is 2.87 bits per heavy atom. The Balaban J connectivity index is 2.05. The number of anilines is 1. The number of carbonyl (C=O) groups excluding carboxylic acids is 1. The molecule has 0 radical (unpaired) electrons. The van der Waals surface area contributed by atoms with Crippen molar-refractivity contribution in [3.8, 4) is 5.75 Å². The maximum atomic E-state index is 11.6. The second-order valence-electron chi connectivity index (χ2n) is 3.80. The van der Waals surface area contributed by atoms with Crippen molar-refractivity contribution >= 4 is 11.7 Å². The van der Waals surface area contributed by atoms with Gasteiger partial charge in [0.1, 0.15) is 5.75 Å². The predicted octanol–water partition coefficient (Wildman–Crippen LogP) is 1.70. The molecule has 0 heterocycles. The number of hydrogen-bond acceptors (Lipinski definition) is 2. The van der Waals surface area contributed by atoms with Crippen LogP contribution in [0.5, 0.6) is 5.75 Å². The lowest BCUT2D eigenvalue weighted by atomic mass is 10.3. The molecule has 0 aliphatic heterocycles. The molecule has 2 rings (SSSR count). The average Bonchev–Trinajstić information content (AvgIpc) is 3.00. The second kappa shape index (κ2) is 3.81. The van der Waals surface area contributed by atoms with Gasteiger partial charge in [-0.2, -0.15) is 0 Å². The van der Waals surface area contributed by atoms with Crippen molar-refractivity contribution in [3.05, 3.63) is 24.3 Å². The first-order valence-corrected chi connectivity index (χ1v) is 5.00. The highest BCUT2D eigenvalue weighted by Crippen LogP contribution is 2.21. The van der Waals surface area contributed by atoms with Crippen LogP contribution >= 0.6 is 0 Å². The summed E-state index contributed by atoms with van der Waals surface area (Å²) in [6, 6.07) is 6.86. The van der Waals surface area contributed by atoms with Crippen LogP contribution in [-0.4, -0.2) is 24.2 Å². The number of hydrogen-bond donors (Lipinski definition) is 2. The van der Waals surface area contributed by atoms with Crippen molar-refractivity contribution in [2.45, 2.75) is 18.9 Å². The fraction of sp³-hybridized carbons (Fsp3) is 0.364. The molecule has 0 aromatic heterocycles. The molecule has 2 N–H and O–H groups in total. The highest BCUT2D eigenvalue weighted by atomic mass is 16.3. The predicted molar refractivity (Wildman–Crippen MR) is 58.1 cm³/mol. The van der Waals surface area contributed by atoms with Gasteiger partial charge in [-0.05, 0) is 25.0 Å². The standard InChI is InChI=1S/C11H14N2O2/c1-13(11(15)12-8-5-6-8)9-3-2-4-10(14)7-9/h2-4,7-8,14H,5-6H2,1H3,(H,12,15). The summed E-state index contributed by atoms with van der Waals surface area (Å²) in [6.45, 7) is 0. The van der Waals surface area contributed by atoms with Crippen LogP contribution in [0.4, 0.5) is 10.5 Å². The summed E-state index contributed by atoms with van der Waals surface area (Å²) in [4.78, 5) is 13.1. The van der Waals surface area contributed by atoms with E-state index in [1.165, 1.54) is 4.90 Å². The van der Waals surface area contributed by atoms with Crippen molar-refractivity contribution in [1.29, 1.82) is 0 Å². The minimum atomic E-state index is -0.122. The van der Waals surface area contributed by atoms with Gasteiger partial charge in [0.15, 0.2) is 0 Å². The Morgan fingerprint density at radius 2 is 2.27 bits per heavy atom. The Kier molecular flexibility index (Phi) is 2.49. The van der Waals surface area contributed by atoms with E-state index >= 15 is 0 Å². The lowest BCUT2D eigenvalue weighted by molar-refractivity contribution is 0.247. The Hall–Kier alpha value is -1.71. The van der Waals surface area contributed by atoms with Crippen molar-refractivity contribution in [2.24, 2.45) is 0 Å². The first-order valence-electron chi connectivity index (χ1n) is 5.00. The first kappa shape index (κ1) is 9.83. The number of nitrogens with zero attached hydrogens (tertiary/aromatic N) is 1. The lowest BCUT2D eigenvalue weighted by Gasteiger charge is -2.17. The molecular formula is C11H14N2O2. The molecule has 0 spiro atoms. The summed E-state index contributed by atoms with van der Waals surface area (Å²) in [7, 11) is 1.69. The van der Waals surface area contributed by atoms with Gasteiger partial charge in [-0.3, -0.25) is 4.90 Å². The zero-order valence-electron chi connectivity index (χ0n) is 8.60. The van der Waals surface area contributed by atoms with Crippen molar-refractivity contribution in [1.82, 2.24) is 5.32 Å². The van der Waals surface area contributed by atoms with Crippen LogP contribution in [0.1, 0.15) is 12.8 Å². The van der Waals surface area contributed by atoms with Gasteiger partial charge < -0.3 is 10.4 Å². The maximum Gasteiger partial charge on any atom is 0.321 e. The monoisotopic (exact) mass is 206 g/mol. The van der Waals surface area contributed by atoms with Gasteiger partial charge in [0.05, 0.1) is 0 Å². The van der Waals surface area contributed by atoms with Crippen LogP contribution in [0.25, 0.3) is 0 Å². The largest absolute Gasteiger partial charge is 0.508 e. The van der Waals surface area contributed by atoms with E-state index in [1.807, 2.05) is 0 Å². The Labute approximate surface area is 88.5 Å². The molecule has 80 valence electrons. The van der Waals surface area contributed by atoms with E-state index in [9.17, 15) is 9.90 Å². The van der Waals surface area contributed by atoms with Gasteiger partial charge in [0.2, 0.25) is 0 Å². The van der Waals surface area contributed by atoms with E-state index in [0.717, 1.165) is 12.8 Å². The van der Waals surface area contributed by atoms with Crippen LogP contribution in [0, 0.1) is 0 Å². The quantitative estimate of drug-likeness (QED) is 0.773. The summed E-state index contributed by atoms with van der Waals surface area (Å²) < 4.78 is 0. The summed E-state index contributed by atoms with van der Waals surface area (Å²) in [5.74, 6) is 0.165. The van der Waals surface area contributed by atoms with Crippen LogP contribution in [0.2, 0.25) is 0 Å². The molecule has 1 aliphatic rings. The van der Waals surface area contributed by atoms with Crippen LogP contribution in [0.15, 0.2) is 24.3 Å². The van der Waals surface area contributed by atoms with Crippen molar-refractivity contribution in [3.63, 3.8) is 0 Å². The molecule has 15 heavy (non-hydrogen) atoms. The SMILES string of the molecule is CN(C(=O)NC1CC1)c1cccc(O)c1. The molecule has 1 saturated carbocycles. The Bertz CT molecular complexity index is 375. The minimum absolute atomic E-state index is 0.122. The number of amides is 2. The number of carbonyl (C=O) groups is 1. The molecular weight excluding hydrogens is 192 g/mol. The summed E-state index contributed by atoms with van der Waals surface area (Å²) in [5, 5.41) is 12.2. The Morgan fingerprint density at radius 1 is 1.53 bits per heavy atom. The van der Waals surface area contributed by atoms with Gasteiger partial charge in [-0.25, -0.2) is 4.79 Å². The first-order chi connectivity index (χ1) is 7.16. The number of nitrogens with one attached hydrogen (secondary N) is 1. The van der Waals surface area contributed by atoms with Crippen LogP contribution < -0.4 is 10.2 Å². The molecule has 2 amide bonds. The molecule has 1 aromatic rings.